The lowest BCUT2D eigenvalue weighted by Crippen LogP contribution is -2.40. The molecule has 0 aliphatic heterocycles. The van der Waals surface area contributed by atoms with Crippen molar-refractivity contribution in [2.75, 3.05) is 25.0 Å². The van der Waals surface area contributed by atoms with E-state index in [1.165, 1.54) is 0 Å². The fraction of sp³-hybridized carbons (Fsp3) is 0.250. The summed E-state index contributed by atoms with van der Waals surface area (Å²) < 4.78 is 1.14. The summed E-state index contributed by atoms with van der Waals surface area (Å²) in [5.41, 5.74) is 7.00. The van der Waals surface area contributed by atoms with Crippen LogP contribution in [0.2, 0.25) is 0 Å². The maximum absolute atomic E-state index is 12.8. The van der Waals surface area contributed by atoms with Crippen molar-refractivity contribution < 1.29 is 9.59 Å². The Morgan fingerprint density at radius 1 is 1.07 bits per heavy atom. The third kappa shape index (κ3) is 5.12. The summed E-state index contributed by atoms with van der Waals surface area (Å²) in [6.07, 6.45) is 0.127. The maximum Gasteiger partial charge on any atom is 0.241 e. The van der Waals surface area contributed by atoms with Gasteiger partial charge in [0.15, 0.2) is 0 Å². The molecule has 0 aliphatic carbocycles. The number of hydrogen-bond acceptors (Lipinski definition) is 5. The second-order valence-electron chi connectivity index (χ2n) is 6.34. The van der Waals surface area contributed by atoms with Gasteiger partial charge in [0.2, 0.25) is 11.8 Å². The molecule has 0 saturated carbocycles. The molecule has 6 nitrogen and oxygen atoms in total. The number of rotatable bonds is 8. The van der Waals surface area contributed by atoms with Gasteiger partial charge in [-0.3, -0.25) is 14.5 Å². The molecule has 1 aromatic heterocycles. The summed E-state index contributed by atoms with van der Waals surface area (Å²) in [6.45, 7) is 1.08. The van der Waals surface area contributed by atoms with Crippen molar-refractivity contribution in [3.63, 3.8) is 0 Å². The SMILES string of the molecule is CN(CC(=O)N(CCC(N)=O)c1ccccc1)Cc1nc2ccccc2s1. The van der Waals surface area contributed by atoms with Crippen LogP contribution in [0.1, 0.15) is 11.4 Å². The topological polar surface area (TPSA) is 79.5 Å². The number of hydrogen-bond donors (Lipinski definition) is 1. The fourth-order valence-corrected chi connectivity index (χ4v) is 3.87. The Labute approximate surface area is 162 Å². The first-order chi connectivity index (χ1) is 13.0. The monoisotopic (exact) mass is 382 g/mol. The Hall–Kier alpha value is -2.77. The summed E-state index contributed by atoms with van der Waals surface area (Å²) in [5.74, 6) is -0.502. The highest BCUT2D eigenvalue weighted by atomic mass is 32.1. The van der Waals surface area contributed by atoms with Gasteiger partial charge in [0, 0.05) is 18.7 Å². The molecule has 0 spiro atoms. The van der Waals surface area contributed by atoms with E-state index in [2.05, 4.69) is 4.98 Å². The van der Waals surface area contributed by atoms with Gasteiger partial charge in [-0.2, -0.15) is 0 Å². The van der Waals surface area contributed by atoms with Gasteiger partial charge in [0.1, 0.15) is 5.01 Å². The van der Waals surface area contributed by atoms with E-state index in [1.807, 2.05) is 66.5 Å². The van der Waals surface area contributed by atoms with Crippen LogP contribution in [-0.4, -0.2) is 41.8 Å². The average Bonchev–Trinajstić information content (AvgIpc) is 3.04. The molecule has 7 heteroatoms. The van der Waals surface area contributed by atoms with Gasteiger partial charge in [0.05, 0.1) is 23.3 Å². The van der Waals surface area contributed by atoms with Crippen LogP contribution in [0.3, 0.4) is 0 Å². The summed E-state index contributed by atoms with van der Waals surface area (Å²) in [5, 5.41) is 0.967. The number of anilines is 1. The Bertz CT molecular complexity index is 893. The Kier molecular flexibility index (Phi) is 6.16. The quantitative estimate of drug-likeness (QED) is 0.649. The number of thiazole rings is 1. The van der Waals surface area contributed by atoms with E-state index in [0.29, 0.717) is 6.54 Å². The zero-order valence-corrected chi connectivity index (χ0v) is 16.0. The number of primary amides is 1. The first-order valence-electron chi connectivity index (χ1n) is 8.69. The Morgan fingerprint density at radius 3 is 2.48 bits per heavy atom. The highest BCUT2D eigenvalue weighted by Crippen LogP contribution is 2.22. The van der Waals surface area contributed by atoms with Crippen molar-refractivity contribution in [3.05, 3.63) is 59.6 Å². The van der Waals surface area contributed by atoms with E-state index in [1.54, 1.807) is 16.2 Å². The van der Waals surface area contributed by atoms with Crippen molar-refractivity contribution >= 4 is 39.1 Å². The molecule has 3 aromatic rings. The minimum Gasteiger partial charge on any atom is -0.370 e. The van der Waals surface area contributed by atoms with Crippen LogP contribution >= 0.6 is 11.3 Å². The summed E-state index contributed by atoms with van der Waals surface area (Å²) in [6, 6.07) is 17.3. The normalized spacial score (nSPS) is 11.0. The van der Waals surface area contributed by atoms with E-state index >= 15 is 0 Å². The number of fused-ring (bicyclic) bond motifs is 1. The molecule has 3 rings (SSSR count). The third-order valence-electron chi connectivity index (χ3n) is 4.10. The standard InChI is InChI=1S/C20H22N4O2S/c1-23(13-19-22-16-9-5-6-10-17(16)27-19)14-20(26)24(12-11-18(21)25)15-7-3-2-4-8-15/h2-10H,11-14H2,1H3,(H2,21,25). The molecule has 1 heterocycles. The molecule has 27 heavy (non-hydrogen) atoms. The van der Waals surface area contributed by atoms with Gasteiger partial charge < -0.3 is 10.6 Å². The number of para-hydroxylation sites is 2. The van der Waals surface area contributed by atoms with Crippen LogP contribution in [0.5, 0.6) is 0 Å². The molecule has 2 aromatic carbocycles. The number of carbonyl (C=O) groups is 2. The van der Waals surface area contributed by atoms with Crippen LogP contribution in [0.4, 0.5) is 5.69 Å². The number of benzene rings is 2. The first-order valence-corrected chi connectivity index (χ1v) is 9.51. The molecule has 0 fully saturated rings. The van der Waals surface area contributed by atoms with Crippen LogP contribution in [0.15, 0.2) is 54.6 Å². The smallest absolute Gasteiger partial charge is 0.241 e. The zero-order valence-electron chi connectivity index (χ0n) is 15.2. The second-order valence-corrected chi connectivity index (χ2v) is 7.46. The average molecular weight is 382 g/mol. The highest BCUT2D eigenvalue weighted by Gasteiger charge is 2.18. The predicted octanol–water partition coefficient (Wildman–Crippen LogP) is 2.64. The number of carbonyl (C=O) groups excluding carboxylic acids is 2. The van der Waals surface area contributed by atoms with Crippen LogP contribution in [0, 0.1) is 0 Å². The van der Waals surface area contributed by atoms with E-state index in [9.17, 15) is 9.59 Å². The van der Waals surface area contributed by atoms with Gasteiger partial charge in [-0.15, -0.1) is 11.3 Å². The van der Waals surface area contributed by atoms with E-state index in [0.717, 1.165) is 20.9 Å². The van der Waals surface area contributed by atoms with Gasteiger partial charge in [0.25, 0.3) is 0 Å². The lowest BCUT2D eigenvalue weighted by Gasteiger charge is -2.25. The summed E-state index contributed by atoms with van der Waals surface area (Å²) in [7, 11) is 1.89. The largest absolute Gasteiger partial charge is 0.370 e. The molecule has 0 saturated heterocycles. The Balaban J connectivity index is 1.67. The molecule has 0 atom stereocenters. The van der Waals surface area contributed by atoms with Crippen LogP contribution in [-0.2, 0) is 16.1 Å². The molecule has 2 N–H and O–H groups in total. The first kappa shape index (κ1) is 19.0. The van der Waals surface area contributed by atoms with Crippen LogP contribution in [0.25, 0.3) is 10.2 Å². The summed E-state index contributed by atoms with van der Waals surface area (Å²) >= 11 is 1.63. The van der Waals surface area contributed by atoms with Gasteiger partial charge in [-0.1, -0.05) is 30.3 Å². The molecular formula is C20H22N4O2S. The van der Waals surface area contributed by atoms with Gasteiger partial charge >= 0.3 is 0 Å². The van der Waals surface area contributed by atoms with E-state index in [4.69, 9.17) is 5.73 Å². The zero-order chi connectivity index (χ0) is 19.2. The molecule has 0 radical (unpaired) electrons. The second kappa shape index (κ2) is 8.75. The van der Waals surface area contributed by atoms with Crippen molar-refractivity contribution in [3.8, 4) is 0 Å². The van der Waals surface area contributed by atoms with Crippen molar-refractivity contribution in [1.29, 1.82) is 0 Å². The van der Waals surface area contributed by atoms with Crippen LogP contribution < -0.4 is 10.6 Å². The van der Waals surface area contributed by atoms with Crippen molar-refractivity contribution in [2.24, 2.45) is 5.73 Å². The van der Waals surface area contributed by atoms with Crippen molar-refractivity contribution in [1.82, 2.24) is 9.88 Å². The van der Waals surface area contributed by atoms with Gasteiger partial charge in [-0.25, -0.2) is 4.98 Å². The molecule has 0 aliphatic rings. The molecular weight excluding hydrogens is 360 g/mol. The Morgan fingerprint density at radius 2 is 1.78 bits per heavy atom. The molecule has 0 bridgehead atoms. The lowest BCUT2D eigenvalue weighted by atomic mass is 10.2. The van der Waals surface area contributed by atoms with Gasteiger partial charge in [-0.05, 0) is 31.3 Å². The van der Waals surface area contributed by atoms with E-state index < -0.39 is 5.91 Å². The fourth-order valence-electron chi connectivity index (χ4n) is 2.82. The number of amides is 2. The minimum atomic E-state index is -0.424. The lowest BCUT2D eigenvalue weighted by molar-refractivity contribution is -0.119. The third-order valence-corrected chi connectivity index (χ3v) is 5.12. The minimum absolute atomic E-state index is 0.0777. The predicted molar refractivity (Wildman–Crippen MR) is 109 cm³/mol. The summed E-state index contributed by atoms with van der Waals surface area (Å²) in [4.78, 5) is 32.2. The van der Waals surface area contributed by atoms with Crippen molar-refractivity contribution in [2.45, 2.75) is 13.0 Å². The van der Waals surface area contributed by atoms with E-state index in [-0.39, 0.29) is 25.4 Å². The number of nitrogens with zero attached hydrogens (tertiary/aromatic N) is 3. The molecule has 140 valence electrons. The number of aromatic nitrogens is 1. The number of nitrogens with two attached hydrogens (primary N) is 1. The maximum atomic E-state index is 12.8. The highest BCUT2D eigenvalue weighted by molar-refractivity contribution is 7.18. The molecule has 0 unspecified atom stereocenters. The molecule has 2 amide bonds. The number of likely N-dealkylation sites (N-methyl/N-ethyl adjacent to an activating group) is 1.